The van der Waals surface area contributed by atoms with Gasteiger partial charge in [-0.3, -0.25) is 9.59 Å². The van der Waals surface area contributed by atoms with Gasteiger partial charge in [0, 0.05) is 0 Å². The van der Waals surface area contributed by atoms with Crippen LogP contribution in [0.3, 0.4) is 0 Å². The molecular weight excluding hydrogens is 540 g/mol. The lowest BCUT2D eigenvalue weighted by molar-refractivity contribution is -0.168. The van der Waals surface area contributed by atoms with Gasteiger partial charge in [-0.05, 0) is 79.1 Å². The Morgan fingerprint density at radius 3 is 1.65 bits per heavy atom. The predicted molar refractivity (Wildman–Crippen MR) is 167 cm³/mol. The van der Waals surface area contributed by atoms with Gasteiger partial charge in [-0.2, -0.15) is 0 Å². The van der Waals surface area contributed by atoms with Crippen LogP contribution in [0.2, 0.25) is 0 Å². The molecule has 0 unspecified atom stereocenters. The topological polar surface area (TPSA) is 82.1 Å². The highest BCUT2D eigenvalue weighted by atomic mass is 16.6. The predicted octanol–water partition coefficient (Wildman–Crippen LogP) is 6.96. The molecule has 0 aromatic heterocycles. The number of ether oxygens (including phenoxy) is 3. The lowest BCUT2D eigenvalue weighted by Gasteiger charge is -2.28. The van der Waals surface area contributed by atoms with Crippen molar-refractivity contribution in [2.45, 2.75) is 52.4 Å². The van der Waals surface area contributed by atoms with Gasteiger partial charge in [0.1, 0.15) is 18.0 Å². The van der Waals surface area contributed by atoms with E-state index in [9.17, 15) is 14.7 Å². The van der Waals surface area contributed by atoms with Gasteiger partial charge in [-0.25, -0.2) is 0 Å². The maximum Gasteiger partial charge on any atom is 0.310 e. The summed E-state index contributed by atoms with van der Waals surface area (Å²) in [6.07, 6.45) is 0.648. The van der Waals surface area contributed by atoms with Crippen LogP contribution in [-0.4, -0.2) is 29.8 Å². The molecule has 0 aliphatic rings. The first-order valence-electron chi connectivity index (χ1n) is 14.5. The van der Waals surface area contributed by atoms with Crippen LogP contribution in [0, 0.1) is 11.8 Å². The summed E-state index contributed by atoms with van der Waals surface area (Å²) in [5.41, 5.74) is 4.84. The molecule has 0 radical (unpaired) electrons. The fraction of sp³-hybridized carbons (Fsp3) is 0.297. The largest absolute Gasteiger partial charge is 0.497 e. The van der Waals surface area contributed by atoms with Crippen molar-refractivity contribution >= 4 is 11.9 Å². The molecule has 6 heteroatoms. The normalized spacial score (nSPS) is 12.7. The number of aliphatic hydroxyl groups excluding tert-OH is 1. The monoisotopic (exact) mass is 580 g/mol. The maximum absolute atomic E-state index is 13.8. The molecule has 0 amide bonds. The minimum absolute atomic E-state index is 0.00203. The van der Waals surface area contributed by atoms with Crippen LogP contribution >= 0.6 is 0 Å². The van der Waals surface area contributed by atoms with Crippen LogP contribution in [0.4, 0.5) is 0 Å². The lowest BCUT2D eigenvalue weighted by Crippen LogP contribution is -2.38. The molecule has 0 saturated carbocycles. The Morgan fingerprint density at radius 2 is 1.14 bits per heavy atom. The lowest BCUT2D eigenvalue weighted by atomic mass is 9.82. The molecule has 43 heavy (non-hydrogen) atoms. The second-order valence-corrected chi connectivity index (χ2v) is 11.6. The second-order valence-electron chi connectivity index (χ2n) is 11.6. The van der Waals surface area contributed by atoms with Gasteiger partial charge in [0.25, 0.3) is 0 Å². The number of methoxy groups -OCH3 is 1. The number of aliphatic hydroxyl groups is 1. The van der Waals surface area contributed by atoms with E-state index in [4.69, 9.17) is 14.2 Å². The minimum atomic E-state index is -0.766. The molecule has 0 saturated heterocycles. The van der Waals surface area contributed by atoms with Gasteiger partial charge in [0.05, 0.1) is 25.6 Å². The van der Waals surface area contributed by atoms with E-state index >= 15 is 0 Å². The summed E-state index contributed by atoms with van der Waals surface area (Å²) in [5.74, 6) is -1.69. The first-order valence-corrected chi connectivity index (χ1v) is 14.5. The molecule has 4 aromatic rings. The van der Waals surface area contributed by atoms with E-state index in [1.807, 2.05) is 124 Å². The smallest absolute Gasteiger partial charge is 0.310 e. The summed E-state index contributed by atoms with van der Waals surface area (Å²) in [6.45, 7) is 5.56. The van der Waals surface area contributed by atoms with Crippen LogP contribution in [0.5, 0.6) is 5.75 Å². The van der Waals surface area contributed by atoms with Gasteiger partial charge in [0.2, 0.25) is 0 Å². The third-order valence-electron chi connectivity index (χ3n) is 7.22. The fourth-order valence-corrected chi connectivity index (χ4v) is 4.90. The number of carbonyl (C=O) groups excluding carboxylic acids is 2. The van der Waals surface area contributed by atoms with Crippen LogP contribution < -0.4 is 4.74 Å². The van der Waals surface area contributed by atoms with E-state index in [0.717, 1.165) is 39.1 Å². The Balaban J connectivity index is 1.61. The van der Waals surface area contributed by atoms with Crippen molar-refractivity contribution in [2.24, 2.45) is 11.8 Å². The SMILES string of the molecule is COc1ccc(COC(=O)[C@H](Cc2ccccc2)[C@H](Cc2ccc(-c3ccc(CO)cc3)cc2)C(=O)OC(C)(C)C)cc1. The zero-order valence-corrected chi connectivity index (χ0v) is 25.3. The van der Waals surface area contributed by atoms with Crippen molar-refractivity contribution in [3.05, 3.63) is 125 Å². The molecule has 0 bridgehead atoms. The zero-order valence-electron chi connectivity index (χ0n) is 25.3. The van der Waals surface area contributed by atoms with Gasteiger partial charge in [0.15, 0.2) is 0 Å². The molecule has 4 rings (SSSR count). The Bertz CT molecular complexity index is 1450. The third-order valence-corrected chi connectivity index (χ3v) is 7.22. The van der Waals surface area contributed by atoms with Crippen molar-refractivity contribution < 1.29 is 28.9 Å². The van der Waals surface area contributed by atoms with E-state index < -0.39 is 29.4 Å². The first kappa shape index (κ1) is 31.5. The maximum atomic E-state index is 13.8. The van der Waals surface area contributed by atoms with E-state index in [1.165, 1.54) is 0 Å². The summed E-state index contributed by atoms with van der Waals surface area (Å²) >= 11 is 0. The average molecular weight is 581 g/mol. The van der Waals surface area contributed by atoms with Crippen molar-refractivity contribution in [3.63, 3.8) is 0 Å². The molecule has 6 nitrogen and oxygen atoms in total. The zero-order chi connectivity index (χ0) is 30.8. The standard InChI is InChI=1S/C37H40O6/c1-37(2,3)43-36(40)34(23-27-10-16-30(17-11-27)31-18-12-28(24-38)13-19-31)33(22-26-8-6-5-7-9-26)35(39)42-25-29-14-20-32(41-4)21-15-29/h5-21,33-34,38H,22-25H2,1-4H3/t33-,34+/m1/s1. The number of benzene rings is 4. The van der Waals surface area contributed by atoms with E-state index in [2.05, 4.69) is 0 Å². The van der Waals surface area contributed by atoms with E-state index in [0.29, 0.717) is 12.8 Å². The van der Waals surface area contributed by atoms with Gasteiger partial charge in [-0.1, -0.05) is 91.0 Å². The molecule has 0 heterocycles. The molecule has 0 fully saturated rings. The average Bonchev–Trinajstić information content (AvgIpc) is 3.02. The Kier molecular flexibility index (Phi) is 10.7. The van der Waals surface area contributed by atoms with Gasteiger partial charge >= 0.3 is 11.9 Å². The highest BCUT2D eigenvalue weighted by Gasteiger charge is 2.38. The van der Waals surface area contributed by atoms with Crippen LogP contribution in [-0.2, 0) is 45.1 Å². The van der Waals surface area contributed by atoms with Crippen LogP contribution in [0.1, 0.15) is 43.0 Å². The molecule has 2 atom stereocenters. The van der Waals surface area contributed by atoms with E-state index in [-0.39, 0.29) is 13.2 Å². The van der Waals surface area contributed by atoms with Crippen molar-refractivity contribution in [1.82, 2.24) is 0 Å². The number of hydrogen-bond acceptors (Lipinski definition) is 6. The molecule has 0 spiro atoms. The van der Waals surface area contributed by atoms with Gasteiger partial charge < -0.3 is 19.3 Å². The second kappa shape index (κ2) is 14.7. The van der Waals surface area contributed by atoms with Crippen molar-refractivity contribution in [3.8, 4) is 16.9 Å². The first-order chi connectivity index (χ1) is 20.6. The Labute approximate surface area is 254 Å². The summed E-state index contributed by atoms with van der Waals surface area (Å²) in [6, 6.07) is 32.7. The fourth-order valence-electron chi connectivity index (χ4n) is 4.90. The molecule has 4 aromatic carbocycles. The van der Waals surface area contributed by atoms with Crippen LogP contribution in [0.25, 0.3) is 11.1 Å². The summed E-state index contributed by atoms with van der Waals surface area (Å²) in [4.78, 5) is 27.5. The Hall–Kier alpha value is -4.42. The summed E-state index contributed by atoms with van der Waals surface area (Å²) in [7, 11) is 1.60. The number of hydrogen-bond donors (Lipinski definition) is 1. The molecule has 0 aliphatic heterocycles. The minimum Gasteiger partial charge on any atom is -0.497 e. The van der Waals surface area contributed by atoms with Crippen molar-refractivity contribution in [1.29, 1.82) is 0 Å². The van der Waals surface area contributed by atoms with Crippen LogP contribution in [0.15, 0.2) is 103 Å². The number of esters is 2. The molecule has 0 aliphatic carbocycles. The highest BCUT2D eigenvalue weighted by molar-refractivity contribution is 5.83. The summed E-state index contributed by atoms with van der Waals surface area (Å²) in [5, 5.41) is 9.35. The number of rotatable bonds is 12. The molecular formula is C37H40O6. The van der Waals surface area contributed by atoms with Gasteiger partial charge in [-0.15, -0.1) is 0 Å². The molecule has 1 N–H and O–H groups in total. The summed E-state index contributed by atoms with van der Waals surface area (Å²) < 4.78 is 16.9. The Morgan fingerprint density at radius 1 is 0.651 bits per heavy atom. The number of carbonyl (C=O) groups is 2. The molecule has 224 valence electrons. The van der Waals surface area contributed by atoms with E-state index in [1.54, 1.807) is 7.11 Å². The van der Waals surface area contributed by atoms with Crippen molar-refractivity contribution in [2.75, 3.05) is 7.11 Å². The quantitative estimate of drug-likeness (QED) is 0.183. The third kappa shape index (κ3) is 9.29. The highest BCUT2D eigenvalue weighted by Crippen LogP contribution is 2.29.